The highest BCUT2D eigenvalue weighted by Crippen LogP contribution is 2.20. The van der Waals surface area contributed by atoms with Gasteiger partial charge in [-0.3, -0.25) is 9.59 Å². The minimum Gasteiger partial charge on any atom is -0.396 e. The Labute approximate surface area is 125 Å². The molecule has 0 unspecified atom stereocenters. The number of carbonyl (C=O) groups is 1. The van der Waals surface area contributed by atoms with Gasteiger partial charge in [-0.25, -0.2) is 4.68 Å². The van der Waals surface area contributed by atoms with Crippen LogP contribution in [0.1, 0.15) is 50.5 Å². The summed E-state index contributed by atoms with van der Waals surface area (Å²) in [5, 5.41) is 16.0. The van der Waals surface area contributed by atoms with Crippen molar-refractivity contribution in [2.24, 2.45) is 5.41 Å². The van der Waals surface area contributed by atoms with Crippen LogP contribution in [0.4, 0.5) is 0 Å². The first-order chi connectivity index (χ1) is 9.89. The smallest absolute Gasteiger partial charge is 0.271 e. The Morgan fingerprint density at radius 3 is 2.76 bits per heavy atom. The van der Waals surface area contributed by atoms with E-state index in [-0.39, 0.29) is 29.2 Å². The van der Waals surface area contributed by atoms with Gasteiger partial charge in [0.05, 0.1) is 0 Å². The Kier molecular flexibility index (Phi) is 6.55. The van der Waals surface area contributed by atoms with Crippen molar-refractivity contribution in [3.8, 4) is 0 Å². The van der Waals surface area contributed by atoms with Crippen molar-refractivity contribution in [2.75, 3.05) is 13.2 Å². The van der Waals surface area contributed by atoms with E-state index < -0.39 is 0 Å². The van der Waals surface area contributed by atoms with Crippen LogP contribution in [0.5, 0.6) is 0 Å². The Balaban J connectivity index is 2.53. The molecule has 0 atom stereocenters. The highest BCUT2D eigenvalue weighted by molar-refractivity contribution is 5.91. The molecule has 1 aromatic rings. The fourth-order valence-corrected chi connectivity index (χ4v) is 1.88. The number of aliphatic hydroxyl groups excluding tert-OH is 1. The molecule has 1 rings (SSSR count). The summed E-state index contributed by atoms with van der Waals surface area (Å²) in [5.41, 5.74) is -0.0697. The number of nitrogens with zero attached hydrogens (tertiary/aromatic N) is 2. The van der Waals surface area contributed by atoms with Gasteiger partial charge >= 0.3 is 0 Å². The molecule has 0 radical (unpaired) electrons. The van der Waals surface area contributed by atoms with Gasteiger partial charge in [0.1, 0.15) is 5.69 Å². The van der Waals surface area contributed by atoms with Gasteiger partial charge in [0.2, 0.25) is 0 Å². The van der Waals surface area contributed by atoms with E-state index in [1.165, 1.54) is 16.8 Å². The van der Waals surface area contributed by atoms with E-state index in [4.69, 9.17) is 5.11 Å². The maximum absolute atomic E-state index is 12.0. The molecule has 0 spiro atoms. The number of aliphatic hydroxyl groups is 1. The molecule has 0 saturated heterocycles. The van der Waals surface area contributed by atoms with Crippen LogP contribution in [0.3, 0.4) is 0 Å². The fraction of sp³-hybridized carbons (Fsp3) is 0.667. The molecule has 0 saturated carbocycles. The lowest BCUT2D eigenvalue weighted by Crippen LogP contribution is -2.30. The number of carbonyl (C=O) groups excluding carboxylic acids is 1. The zero-order chi connectivity index (χ0) is 15.9. The normalized spacial score (nSPS) is 11.4. The third kappa shape index (κ3) is 5.67. The van der Waals surface area contributed by atoms with Crippen molar-refractivity contribution in [1.29, 1.82) is 0 Å². The van der Waals surface area contributed by atoms with E-state index >= 15 is 0 Å². The maximum Gasteiger partial charge on any atom is 0.271 e. The number of aromatic nitrogens is 2. The molecule has 1 aromatic heterocycles. The maximum atomic E-state index is 12.0. The SMILES string of the molecule is CCCn1nc(C(=O)NCCCC(C)(C)CO)ccc1=O. The number of hydrogen-bond acceptors (Lipinski definition) is 4. The minimum atomic E-state index is -0.276. The average molecular weight is 295 g/mol. The van der Waals surface area contributed by atoms with Gasteiger partial charge in [0.25, 0.3) is 11.5 Å². The van der Waals surface area contributed by atoms with Crippen molar-refractivity contribution in [3.63, 3.8) is 0 Å². The second kappa shape index (κ2) is 7.93. The van der Waals surface area contributed by atoms with E-state index in [9.17, 15) is 9.59 Å². The van der Waals surface area contributed by atoms with Crippen LogP contribution in [-0.4, -0.2) is 33.9 Å². The molecule has 6 nitrogen and oxygen atoms in total. The van der Waals surface area contributed by atoms with Gasteiger partial charge in [0.15, 0.2) is 0 Å². The van der Waals surface area contributed by atoms with Gasteiger partial charge in [-0.05, 0) is 30.7 Å². The van der Waals surface area contributed by atoms with Crippen molar-refractivity contribution in [1.82, 2.24) is 15.1 Å². The summed E-state index contributed by atoms with van der Waals surface area (Å²) >= 11 is 0. The third-order valence-corrected chi connectivity index (χ3v) is 3.28. The van der Waals surface area contributed by atoms with Crippen LogP contribution >= 0.6 is 0 Å². The first-order valence-electron chi connectivity index (χ1n) is 7.37. The summed E-state index contributed by atoms with van der Waals surface area (Å²) in [6.07, 6.45) is 2.40. The number of aryl methyl sites for hydroxylation is 1. The van der Waals surface area contributed by atoms with Crippen LogP contribution in [0.15, 0.2) is 16.9 Å². The van der Waals surface area contributed by atoms with E-state index in [1.54, 1.807) is 0 Å². The molecule has 0 aromatic carbocycles. The van der Waals surface area contributed by atoms with Gasteiger partial charge < -0.3 is 10.4 Å². The molecule has 0 aliphatic carbocycles. The number of nitrogens with one attached hydrogen (secondary N) is 1. The van der Waals surface area contributed by atoms with E-state index in [0.717, 1.165) is 19.3 Å². The molecule has 1 amide bonds. The van der Waals surface area contributed by atoms with E-state index in [2.05, 4.69) is 10.4 Å². The van der Waals surface area contributed by atoms with Crippen LogP contribution < -0.4 is 10.9 Å². The number of rotatable bonds is 8. The molecular formula is C15H25N3O3. The molecule has 21 heavy (non-hydrogen) atoms. The third-order valence-electron chi connectivity index (χ3n) is 3.28. The Bertz CT molecular complexity index is 523. The lowest BCUT2D eigenvalue weighted by Gasteiger charge is -2.21. The zero-order valence-corrected chi connectivity index (χ0v) is 13.1. The van der Waals surface area contributed by atoms with Crippen molar-refractivity contribution < 1.29 is 9.90 Å². The highest BCUT2D eigenvalue weighted by Gasteiger charge is 2.16. The van der Waals surface area contributed by atoms with Crippen LogP contribution in [0, 0.1) is 5.41 Å². The molecule has 0 fully saturated rings. The lowest BCUT2D eigenvalue weighted by molar-refractivity contribution is 0.0941. The molecule has 0 bridgehead atoms. The molecule has 6 heteroatoms. The number of hydrogen-bond donors (Lipinski definition) is 2. The molecule has 1 heterocycles. The monoisotopic (exact) mass is 295 g/mol. The van der Waals surface area contributed by atoms with Crippen LogP contribution in [0.25, 0.3) is 0 Å². The standard InChI is InChI=1S/C15H25N3O3/c1-4-10-18-13(20)7-6-12(17-18)14(21)16-9-5-8-15(2,3)11-19/h6-7,19H,4-5,8-11H2,1-3H3,(H,16,21). The predicted octanol–water partition coefficient (Wildman–Crippen LogP) is 1.18. The molecule has 0 aliphatic rings. The Hall–Kier alpha value is -1.69. The largest absolute Gasteiger partial charge is 0.396 e. The first kappa shape index (κ1) is 17.4. The second-order valence-corrected chi connectivity index (χ2v) is 5.96. The quantitative estimate of drug-likeness (QED) is 0.705. The van der Waals surface area contributed by atoms with Crippen molar-refractivity contribution in [2.45, 2.75) is 46.6 Å². The second-order valence-electron chi connectivity index (χ2n) is 5.96. The molecule has 2 N–H and O–H groups in total. The zero-order valence-electron chi connectivity index (χ0n) is 13.1. The Morgan fingerprint density at radius 2 is 2.14 bits per heavy atom. The topological polar surface area (TPSA) is 84.2 Å². The summed E-state index contributed by atoms with van der Waals surface area (Å²) in [6, 6.07) is 2.81. The van der Waals surface area contributed by atoms with Crippen LogP contribution in [0.2, 0.25) is 0 Å². The summed E-state index contributed by atoms with van der Waals surface area (Å²) < 4.78 is 1.31. The number of amides is 1. The highest BCUT2D eigenvalue weighted by atomic mass is 16.3. The minimum absolute atomic E-state index is 0.128. The van der Waals surface area contributed by atoms with Gasteiger partial charge in [0, 0.05) is 25.8 Å². The van der Waals surface area contributed by atoms with E-state index in [1.807, 2.05) is 20.8 Å². The molecular weight excluding hydrogens is 270 g/mol. The fourth-order valence-electron chi connectivity index (χ4n) is 1.88. The van der Waals surface area contributed by atoms with Gasteiger partial charge in [-0.1, -0.05) is 20.8 Å². The van der Waals surface area contributed by atoms with Gasteiger partial charge in [-0.2, -0.15) is 5.10 Å². The summed E-state index contributed by atoms with van der Waals surface area (Å²) in [7, 11) is 0. The molecule has 118 valence electrons. The first-order valence-corrected chi connectivity index (χ1v) is 7.37. The lowest BCUT2D eigenvalue weighted by atomic mass is 9.89. The van der Waals surface area contributed by atoms with Crippen molar-refractivity contribution in [3.05, 3.63) is 28.2 Å². The average Bonchev–Trinajstić information content (AvgIpc) is 2.46. The Morgan fingerprint density at radius 1 is 1.43 bits per heavy atom. The molecule has 0 aliphatic heterocycles. The van der Waals surface area contributed by atoms with Crippen LogP contribution in [-0.2, 0) is 6.54 Å². The van der Waals surface area contributed by atoms with Gasteiger partial charge in [-0.15, -0.1) is 0 Å². The summed E-state index contributed by atoms with van der Waals surface area (Å²) in [4.78, 5) is 23.5. The predicted molar refractivity (Wildman–Crippen MR) is 81.2 cm³/mol. The summed E-state index contributed by atoms with van der Waals surface area (Å²) in [6.45, 7) is 7.07. The van der Waals surface area contributed by atoms with Crippen molar-refractivity contribution >= 4 is 5.91 Å². The summed E-state index contributed by atoms with van der Waals surface area (Å²) in [5.74, 6) is -0.276. The van der Waals surface area contributed by atoms with E-state index in [0.29, 0.717) is 13.1 Å².